The van der Waals surface area contributed by atoms with Crippen molar-refractivity contribution in [1.82, 2.24) is 14.8 Å². The highest BCUT2D eigenvalue weighted by atomic mass is 19.1. The van der Waals surface area contributed by atoms with Gasteiger partial charge in [-0.1, -0.05) is 29.8 Å². The van der Waals surface area contributed by atoms with Crippen LogP contribution in [0.2, 0.25) is 0 Å². The fraction of sp³-hybridized carbons (Fsp3) is 0.0870. The van der Waals surface area contributed by atoms with Gasteiger partial charge in [0.1, 0.15) is 5.82 Å². The number of aryl methyl sites for hydroxylation is 1. The number of hydrogen-bond donors (Lipinski definition) is 1. The summed E-state index contributed by atoms with van der Waals surface area (Å²) in [6.07, 6.45) is 0. The first-order valence-corrected chi connectivity index (χ1v) is 9.29. The van der Waals surface area contributed by atoms with Crippen molar-refractivity contribution in [2.24, 2.45) is 0 Å². The van der Waals surface area contributed by atoms with Crippen molar-refractivity contribution in [3.63, 3.8) is 0 Å². The first-order valence-electron chi connectivity index (χ1n) is 9.29. The van der Waals surface area contributed by atoms with Gasteiger partial charge < -0.3 is 10.1 Å². The number of aromatic nitrogens is 3. The number of carbonyl (C=O) groups excluding carboxylic acids is 1. The minimum Gasteiger partial charge on any atom is -0.466 e. The molecule has 0 spiro atoms. The van der Waals surface area contributed by atoms with Crippen LogP contribution in [0.4, 0.5) is 10.1 Å². The van der Waals surface area contributed by atoms with Crippen molar-refractivity contribution >= 4 is 11.6 Å². The Morgan fingerprint density at radius 1 is 0.967 bits per heavy atom. The van der Waals surface area contributed by atoms with Gasteiger partial charge in [-0.3, -0.25) is 4.79 Å². The second-order valence-electron chi connectivity index (χ2n) is 6.71. The topological polar surface area (TPSA) is 69.0 Å². The summed E-state index contributed by atoms with van der Waals surface area (Å²) >= 11 is 0. The van der Waals surface area contributed by atoms with E-state index in [9.17, 15) is 9.18 Å². The molecule has 0 fully saturated rings. The Labute approximate surface area is 173 Å². The number of hydrogen-bond acceptors (Lipinski definition) is 4. The summed E-state index contributed by atoms with van der Waals surface area (Å²) in [4.78, 5) is 16.8. The minimum atomic E-state index is -0.386. The number of nitrogens with one attached hydrogen (secondary N) is 1. The summed E-state index contributed by atoms with van der Waals surface area (Å²) in [5, 5.41) is 7.20. The van der Waals surface area contributed by atoms with Gasteiger partial charge in [-0.2, -0.15) is 4.98 Å². The Kier molecular flexibility index (Phi) is 5.26. The molecule has 0 atom stereocenters. The Morgan fingerprint density at radius 2 is 1.63 bits per heavy atom. The molecule has 0 radical (unpaired) electrons. The van der Waals surface area contributed by atoms with Gasteiger partial charge in [0, 0.05) is 16.8 Å². The summed E-state index contributed by atoms with van der Waals surface area (Å²) < 4.78 is 19.9. The molecule has 1 N–H and O–H groups in total. The number of ether oxygens (including phenoxy) is 1. The number of halogens is 1. The second kappa shape index (κ2) is 8.16. The lowest BCUT2D eigenvalue weighted by Gasteiger charge is -2.09. The predicted molar refractivity (Wildman–Crippen MR) is 112 cm³/mol. The standard InChI is InChI=1S/C23H19FN4O2/c1-15-3-5-16(6-4-15)21-26-23(30-2)27-28(21)20-13-11-19(12-14-20)25-22(29)17-7-9-18(24)10-8-17/h3-14H,1-2H3,(H,25,29). The van der Waals surface area contributed by atoms with E-state index in [0.29, 0.717) is 17.1 Å². The smallest absolute Gasteiger partial charge is 0.336 e. The molecule has 150 valence electrons. The molecule has 0 unspecified atom stereocenters. The molecule has 30 heavy (non-hydrogen) atoms. The lowest BCUT2D eigenvalue weighted by atomic mass is 10.1. The van der Waals surface area contributed by atoms with E-state index in [-0.39, 0.29) is 17.7 Å². The zero-order chi connectivity index (χ0) is 21.1. The summed E-state index contributed by atoms with van der Waals surface area (Å²) in [6.45, 7) is 2.02. The van der Waals surface area contributed by atoms with Gasteiger partial charge in [0.2, 0.25) is 0 Å². The van der Waals surface area contributed by atoms with Crippen LogP contribution in [0.3, 0.4) is 0 Å². The molecule has 1 heterocycles. The van der Waals surface area contributed by atoms with E-state index in [1.54, 1.807) is 16.8 Å². The van der Waals surface area contributed by atoms with Crippen LogP contribution in [0.5, 0.6) is 6.01 Å². The van der Waals surface area contributed by atoms with E-state index in [1.807, 2.05) is 43.3 Å². The maximum atomic E-state index is 13.0. The van der Waals surface area contributed by atoms with Crippen molar-refractivity contribution in [2.45, 2.75) is 6.92 Å². The largest absolute Gasteiger partial charge is 0.466 e. The van der Waals surface area contributed by atoms with E-state index in [4.69, 9.17) is 4.74 Å². The van der Waals surface area contributed by atoms with Crippen molar-refractivity contribution in [3.05, 3.63) is 89.7 Å². The van der Waals surface area contributed by atoms with Gasteiger partial charge in [0.05, 0.1) is 12.8 Å². The summed E-state index contributed by atoms with van der Waals surface area (Å²) in [5.74, 6) is -0.0518. The fourth-order valence-electron chi connectivity index (χ4n) is 2.94. The number of methoxy groups -OCH3 is 1. The van der Waals surface area contributed by atoms with Gasteiger partial charge in [-0.05, 0) is 55.5 Å². The zero-order valence-corrected chi connectivity index (χ0v) is 16.5. The third-order valence-corrected chi connectivity index (χ3v) is 4.56. The molecule has 0 saturated heterocycles. The van der Waals surface area contributed by atoms with Gasteiger partial charge in [0.15, 0.2) is 5.82 Å². The average Bonchev–Trinajstić information content (AvgIpc) is 3.20. The van der Waals surface area contributed by atoms with Gasteiger partial charge in [-0.15, -0.1) is 5.10 Å². The quantitative estimate of drug-likeness (QED) is 0.528. The normalized spacial score (nSPS) is 10.6. The Balaban J connectivity index is 1.59. The maximum Gasteiger partial charge on any atom is 0.336 e. The lowest BCUT2D eigenvalue weighted by Crippen LogP contribution is -2.11. The van der Waals surface area contributed by atoms with Crippen LogP contribution in [0.1, 0.15) is 15.9 Å². The molecule has 1 aromatic heterocycles. The molecule has 0 aliphatic heterocycles. The molecular formula is C23H19FN4O2. The highest BCUT2D eigenvalue weighted by Crippen LogP contribution is 2.24. The molecule has 0 bridgehead atoms. The van der Waals surface area contributed by atoms with Crippen molar-refractivity contribution in [3.8, 4) is 23.1 Å². The Bertz CT molecular complexity index is 1170. The van der Waals surface area contributed by atoms with Gasteiger partial charge in [0.25, 0.3) is 5.91 Å². The van der Waals surface area contributed by atoms with Gasteiger partial charge in [-0.25, -0.2) is 9.07 Å². The van der Waals surface area contributed by atoms with E-state index in [1.165, 1.54) is 31.4 Å². The molecule has 7 heteroatoms. The highest BCUT2D eigenvalue weighted by Gasteiger charge is 2.14. The summed E-state index contributed by atoms with van der Waals surface area (Å²) in [5.41, 5.74) is 3.81. The van der Waals surface area contributed by atoms with E-state index >= 15 is 0 Å². The van der Waals surface area contributed by atoms with E-state index in [2.05, 4.69) is 15.4 Å². The van der Waals surface area contributed by atoms with Crippen LogP contribution in [0.25, 0.3) is 17.1 Å². The molecule has 4 rings (SSSR count). The highest BCUT2D eigenvalue weighted by molar-refractivity contribution is 6.04. The Hall–Kier alpha value is -4.00. The van der Waals surface area contributed by atoms with Crippen LogP contribution >= 0.6 is 0 Å². The van der Waals surface area contributed by atoms with Crippen LogP contribution in [0, 0.1) is 12.7 Å². The molecule has 1 amide bonds. The summed E-state index contributed by atoms with van der Waals surface area (Å²) in [7, 11) is 1.52. The lowest BCUT2D eigenvalue weighted by molar-refractivity contribution is 0.102. The SMILES string of the molecule is COc1nc(-c2ccc(C)cc2)n(-c2ccc(NC(=O)c3ccc(F)cc3)cc2)n1. The number of carbonyl (C=O) groups is 1. The van der Waals surface area contributed by atoms with Crippen LogP contribution in [-0.4, -0.2) is 27.8 Å². The average molecular weight is 402 g/mol. The predicted octanol–water partition coefficient (Wildman–Crippen LogP) is 4.64. The van der Waals surface area contributed by atoms with Crippen molar-refractivity contribution in [2.75, 3.05) is 12.4 Å². The maximum absolute atomic E-state index is 13.0. The molecule has 0 aliphatic carbocycles. The van der Waals surface area contributed by atoms with Crippen LogP contribution in [0.15, 0.2) is 72.8 Å². The van der Waals surface area contributed by atoms with E-state index < -0.39 is 0 Å². The molecule has 3 aromatic carbocycles. The first-order chi connectivity index (χ1) is 14.5. The number of amides is 1. The molecule has 4 aromatic rings. The zero-order valence-electron chi connectivity index (χ0n) is 16.5. The molecular weight excluding hydrogens is 383 g/mol. The monoisotopic (exact) mass is 402 g/mol. The third kappa shape index (κ3) is 4.05. The minimum absolute atomic E-state index is 0.263. The molecule has 0 saturated carbocycles. The molecule has 0 aliphatic rings. The van der Waals surface area contributed by atoms with Crippen LogP contribution in [-0.2, 0) is 0 Å². The number of nitrogens with zero attached hydrogens (tertiary/aromatic N) is 3. The first kappa shape index (κ1) is 19.3. The van der Waals surface area contributed by atoms with Crippen molar-refractivity contribution < 1.29 is 13.9 Å². The fourth-order valence-corrected chi connectivity index (χ4v) is 2.94. The van der Waals surface area contributed by atoms with E-state index in [0.717, 1.165) is 16.8 Å². The number of anilines is 1. The summed E-state index contributed by atoms with van der Waals surface area (Å²) in [6, 6.07) is 20.8. The van der Waals surface area contributed by atoms with Crippen LogP contribution < -0.4 is 10.1 Å². The Morgan fingerprint density at radius 3 is 2.27 bits per heavy atom. The van der Waals surface area contributed by atoms with Crippen molar-refractivity contribution in [1.29, 1.82) is 0 Å². The second-order valence-corrected chi connectivity index (χ2v) is 6.71. The third-order valence-electron chi connectivity index (χ3n) is 4.56. The van der Waals surface area contributed by atoms with Gasteiger partial charge >= 0.3 is 6.01 Å². The number of rotatable bonds is 5. The number of benzene rings is 3. The molecule has 6 nitrogen and oxygen atoms in total.